The minimum Gasteiger partial charge on any atom is -0.391 e. The van der Waals surface area contributed by atoms with Gasteiger partial charge in [-0.1, -0.05) is 26.2 Å². The second kappa shape index (κ2) is 6.08. The minimum absolute atomic E-state index is 0.0887. The molecule has 0 saturated heterocycles. The van der Waals surface area contributed by atoms with Gasteiger partial charge in [0.05, 0.1) is 18.2 Å². The van der Waals surface area contributed by atoms with E-state index in [-0.39, 0.29) is 11.9 Å². The van der Waals surface area contributed by atoms with Crippen molar-refractivity contribution >= 4 is 5.91 Å². The lowest BCUT2D eigenvalue weighted by molar-refractivity contribution is -0.124. The van der Waals surface area contributed by atoms with Crippen LogP contribution in [0.4, 0.5) is 0 Å². The number of hydrogen-bond acceptors (Lipinski definition) is 3. The summed E-state index contributed by atoms with van der Waals surface area (Å²) in [6.07, 6.45) is 4.99. The molecule has 4 N–H and O–H groups in total. The van der Waals surface area contributed by atoms with Gasteiger partial charge in [0.1, 0.15) is 0 Å². The Labute approximate surface area is 91.2 Å². The Morgan fingerprint density at radius 3 is 2.80 bits per heavy atom. The molecule has 0 aromatic heterocycles. The first kappa shape index (κ1) is 12.5. The van der Waals surface area contributed by atoms with Gasteiger partial charge in [0.15, 0.2) is 0 Å². The maximum atomic E-state index is 11.6. The summed E-state index contributed by atoms with van der Waals surface area (Å²) in [4.78, 5) is 11.6. The SMILES string of the molecule is CCCC(N)C(=O)NC1CCCCC1O. The number of hydrogen-bond donors (Lipinski definition) is 3. The molecule has 0 heterocycles. The minimum atomic E-state index is -0.427. The van der Waals surface area contributed by atoms with Gasteiger partial charge >= 0.3 is 0 Å². The van der Waals surface area contributed by atoms with E-state index in [1.54, 1.807) is 0 Å². The highest BCUT2D eigenvalue weighted by molar-refractivity contribution is 5.81. The molecule has 1 aliphatic rings. The molecule has 4 nitrogen and oxygen atoms in total. The first-order valence-electron chi connectivity index (χ1n) is 5.89. The summed E-state index contributed by atoms with van der Waals surface area (Å²) in [5.74, 6) is -0.122. The highest BCUT2D eigenvalue weighted by Gasteiger charge is 2.25. The zero-order chi connectivity index (χ0) is 11.3. The Bertz CT molecular complexity index is 209. The van der Waals surface area contributed by atoms with Crippen LogP contribution in [0.1, 0.15) is 45.4 Å². The number of rotatable bonds is 4. The van der Waals surface area contributed by atoms with Crippen molar-refractivity contribution in [3.05, 3.63) is 0 Å². The summed E-state index contributed by atoms with van der Waals surface area (Å²) >= 11 is 0. The van der Waals surface area contributed by atoms with Gasteiger partial charge in [-0.2, -0.15) is 0 Å². The summed E-state index contributed by atoms with van der Waals surface area (Å²) in [7, 11) is 0. The molecule has 1 aliphatic carbocycles. The van der Waals surface area contributed by atoms with Crippen molar-refractivity contribution in [2.24, 2.45) is 5.73 Å². The van der Waals surface area contributed by atoms with E-state index in [4.69, 9.17) is 5.73 Å². The molecular formula is C11H22N2O2. The molecule has 0 bridgehead atoms. The molecule has 0 radical (unpaired) electrons. The van der Waals surface area contributed by atoms with Gasteiger partial charge in [-0.05, 0) is 19.3 Å². The van der Waals surface area contributed by atoms with Crippen molar-refractivity contribution in [3.8, 4) is 0 Å². The Morgan fingerprint density at radius 2 is 2.20 bits per heavy atom. The molecule has 0 aromatic rings. The normalized spacial score (nSPS) is 28.5. The molecule has 0 aromatic carbocycles. The van der Waals surface area contributed by atoms with Crippen LogP contribution < -0.4 is 11.1 Å². The summed E-state index contributed by atoms with van der Waals surface area (Å²) < 4.78 is 0. The fourth-order valence-electron chi connectivity index (χ4n) is 2.01. The highest BCUT2D eigenvalue weighted by atomic mass is 16.3. The molecular weight excluding hydrogens is 192 g/mol. The zero-order valence-corrected chi connectivity index (χ0v) is 9.41. The van der Waals surface area contributed by atoms with Gasteiger partial charge in [-0.15, -0.1) is 0 Å². The number of nitrogens with one attached hydrogen (secondary N) is 1. The molecule has 0 aliphatic heterocycles. The van der Waals surface area contributed by atoms with Gasteiger partial charge in [-0.3, -0.25) is 4.79 Å². The number of aliphatic hydroxyl groups excluding tert-OH is 1. The van der Waals surface area contributed by atoms with Crippen LogP contribution in [0, 0.1) is 0 Å². The average molecular weight is 214 g/mol. The topological polar surface area (TPSA) is 75.4 Å². The lowest BCUT2D eigenvalue weighted by Gasteiger charge is -2.29. The van der Waals surface area contributed by atoms with Crippen LogP contribution in [0.25, 0.3) is 0 Å². The number of carbonyl (C=O) groups is 1. The van der Waals surface area contributed by atoms with E-state index in [0.29, 0.717) is 6.42 Å². The quantitative estimate of drug-likeness (QED) is 0.639. The molecule has 1 amide bonds. The average Bonchev–Trinajstić information content (AvgIpc) is 2.21. The second-order valence-corrected chi connectivity index (χ2v) is 4.36. The van der Waals surface area contributed by atoms with E-state index in [2.05, 4.69) is 5.32 Å². The number of aliphatic hydroxyl groups is 1. The summed E-state index contributed by atoms with van der Waals surface area (Å²) in [6, 6.07) is -0.515. The maximum absolute atomic E-state index is 11.6. The number of carbonyl (C=O) groups excluding carboxylic acids is 1. The lowest BCUT2D eigenvalue weighted by atomic mass is 9.92. The lowest BCUT2D eigenvalue weighted by Crippen LogP contribution is -2.50. The predicted octanol–water partition coefficient (Wildman–Crippen LogP) is 0.533. The van der Waals surface area contributed by atoms with Crippen molar-refractivity contribution in [2.45, 2.75) is 63.6 Å². The van der Waals surface area contributed by atoms with Crippen molar-refractivity contribution < 1.29 is 9.90 Å². The van der Waals surface area contributed by atoms with Crippen LogP contribution in [0.5, 0.6) is 0 Å². The van der Waals surface area contributed by atoms with Gasteiger partial charge in [0.25, 0.3) is 0 Å². The molecule has 0 spiro atoms. The molecule has 88 valence electrons. The highest BCUT2D eigenvalue weighted by Crippen LogP contribution is 2.18. The Balaban J connectivity index is 2.35. The van der Waals surface area contributed by atoms with Crippen LogP contribution in [0.15, 0.2) is 0 Å². The van der Waals surface area contributed by atoms with E-state index in [0.717, 1.165) is 32.1 Å². The molecule has 1 fully saturated rings. The van der Waals surface area contributed by atoms with Crippen LogP contribution in [-0.2, 0) is 4.79 Å². The third-order valence-electron chi connectivity index (χ3n) is 2.99. The fraction of sp³-hybridized carbons (Fsp3) is 0.909. The maximum Gasteiger partial charge on any atom is 0.237 e. The van der Waals surface area contributed by atoms with Gasteiger partial charge in [0.2, 0.25) is 5.91 Å². The third-order valence-corrected chi connectivity index (χ3v) is 2.99. The Hall–Kier alpha value is -0.610. The van der Waals surface area contributed by atoms with Crippen LogP contribution in [0.2, 0.25) is 0 Å². The molecule has 1 saturated carbocycles. The summed E-state index contributed by atoms with van der Waals surface area (Å²) in [6.45, 7) is 2.00. The molecule has 1 rings (SSSR count). The van der Waals surface area contributed by atoms with Crippen LogP contribution in [-0.4, -0.2) is 29.2 Å². The molecule has 3 atom stereocenters. The predicted molar refractivity (Wildman–Crippen MR) is 59.3 cm³/mol. The van der Waals surface area contributed by atoms with E-state index < -0.39 is 12.1 Å². The molecule has 3 unspecified atom stereocenters. The third kappa shape index (κ3) is 3.80. The Kier molecular flexibility index (Phi) is 5.05. The van der Waals surface area contributed by atoms with Crippen LogP contribution >= 0.6 is 0 Å². The first-order valence-corrected chi connectivity index (χ1v) is 5.89. The van der Waals surface area contributed by atoms with Crippen LogP contribution in [0.3, 0.4) is 0 Å². The summed E-state index contributed by atoms with van der Waals surface area (Å²) in [5, 5.41) is 12.5. The fourth-order valence-corrected chi connectivity index (χ4v) is 2.01. The number of nitrogens with two attached hydrogens (primary N) is 1. The van der Waals surface area contributed by atoms with E-state index in [9.17, 15) is 9.90 Å². The largest absolute Gasteiger partial charge is 0.391 e. The van der Waals surface area contributed by atoms with Gasteiger partial charge in [0, 0.05) is 0 Å². The molecule has 4 heteroatoms. The van der Waals surface area contributed by atoms with Gasteiger partial charge in [-0.25, -0.2) is 0 Å². The van der Waals surface area contributed by atoms with E-state index >= 15 is 0 Å². The van der Waals surface area contributed by atoms with Crippen molar-refractivity contribution in [2.75, 3.05) is 0 Å². The Morgan fingerprint density at radius 1 is 1.53 bits per heavy atom. The molecule has 15 heavy (non-hydrogen) atoms. The standard InChI is InChI=1S/C11H22N2O2/c1-2-5-8(12)11(15)13-9-6-3-4-7-10(9)14/h8-10,14H,2-7,12H2,1H3,(H,13,15). The zero-order valence-electron chi connectivity index (χ0n) is 9.41. The smallest absolute Gasteiger partial charge is 0.237 e. The monoisotopic (exact) mass is 214 g/mol. The number of amides is 1. The van der Waals surface area contributed by atoms with Crippen molar-refractivity contribution in [1.29, 1.82) is 0 Å². The van der Waals surface area contributed by atoms with E-state index in [1.807, 2.05) is 6.92 Å². The second-order valence-electron chi connectivity index (χ2n) is 4.36. The van der Waals surface area contributed by atoms with Gasteiger partial charge < -0.3 is 16.2 Å². The first-order chi connectivity index (χ1) is 7.15. The van der Waals surface area contributed by atoms with Crippen molar-refractivity contribution in [3.63, 3.8) is 0 Å². The van der Waals surface area contributed by atoms with E-state index in [1.165, 1.54) is 0 Å². The van der Waals surface area contributed by atoms with Crippen molar-refractivity contribution in [1.82, 2.24) is 5.32 Å². The summed E-state index contributed by atoms with van der Waals surface area (Å²) in [5.41, 5.74) is 5.70.